The van der Waals surface area contributed by atoms with Gasteiger partial charge in [0.05, 0.1) is 4.90 Å². The van der Waals surface area contributed by atoms with Crippen LogP contribution in [0.25, 0.3) is 0 Å². The summed E-state index contributed by atoms with van der Waals surface area (Å²) in [5, 5.41) is 6.68. The van der Waals surface area contributed by atoms with Gasteiger partial charge in [0.25, 0.3) is 0 Å². The van der Waals surface area contributed by atoms with Gasteiger partial charge in [-0.2, -0.15) is 0 Å². The minimum Gasteiger partial charge on any atom is -0.353 e. The van der Waals surface area contributed by atoms with E-state index < -0.39 is 14.6 Å². The molecule has 2 N–H and O–H groups in total. The second kappa shape index (κ2) is 7.02. The molecule has 1 saturated carbocycles. The first-order valence-corrected chi connectivity index (χ1v) is 10.3. The van der Waals surface area contributed by atoms with E-state index in [1.54, 1.807) is 12.1 Å². The smallest absolute Gasteiger partial charge is 0.241 e. The Balaban J connectivity index is 1.83. The number of hydrogen-bond acceptors (Lipinski definition) is 4. The molecule has 1 saturated heterocycles. The van der Waals surface area contributed by atoms with Crippen LogP contribution in [0.15, 0.2) is 29.2 Å². The fourth-order valence-electron chi connectivity index (χ4n) is 3.71. The molecule has 2 fully saturated rings. The first-order chi connectivity index (χ1) is 11.5. The minimum atomic E-state index is -3.75. The lowest BCUT2D eigenvalue weighted by Gasteiger charge is -2.28. The largest absolute Gasteiger partial charge is 0.353 e. The van der Waals surface area contributed by atoms with Crippen LogP contribution in [0.3, 0.4) is 0 Å². The Morgan fingerprint density at radius 2 is 1.88 bits per heavy atom. The lowest BCUT2D eigenvalue weighted by atomic mass is 10.1. The number of carbonyl (C=O) groups is 1. The van der Waals surface area contributed by atoms with Crippen molar-refractivity contribution in [1.29, 1.82) is 0 Å². The number of amides is 1. The Morgan fingerprint density at radius 1 is 1.21 bits per heavy atom. The molecule has 1 aliphatic carbocycles. The highest BCUT2D eigenvalue weighted by atomic mass is 35.5. The predicted octanol–water partition coefficient (Wildman–Crippen LogP) is 2.29. The van der Waals surface area contributed by atoms with Crippen molar-refractivity contribution in [2.45, 2.75) is 54.2 Å². The Morgan fingerprint density at radius 3 is 2.46 bits per heavy atom. The van der Waals surface area contributed by atoms with Gasteiger partial charge in [0.15, 0.2) is 14.6 Å². The molecule has 1 aromatic rings. The maximum absolute atomic E-state index is 13.2. The molecule has 0 aromatic heterocycles. The topological polar surface area (TPSA) is 75.3 Å². The number of nitrogens with one attached hydrogen (secondary N) is 2. The second-order valence-corrected chi connectivity index (χ2v) is 9.36. The van der Waals surface area contributed by atoms with E-state index >= 15 is 0 Å². The Labute approximate surface area is 148 Å². The van der Waals surface area contributed by atoms with Gasteiger partial charge in [-0.25, -0.2) is 8.42 Å². The summed E-state index contributed by atoms with van der Waals surface area (Å²) < 4.78 is 25.0. The van der Waals surface area contributed by atoms with Gasteiger partial charge in [0.2, 0.25) is 5.91 Å². The van der Waals surface area contributed by atoms with Crippen LogP contribution in [0.2, 0.25) is 5.02 Å². The normalized spacial score (nSPS) is 23.3. The third-order valence-corrected chi connectivity index (χ3v) is 7.90. The average molecular weight is 371 g/mol. The van der Waals surface area contributed by atoms with Crippen LogP contribution >= 0.6 is 11.6 Å². The van der Waals surface area contributed by atoms with Gasteiger partial charge in [0, 0.05) is 17.6 Å². The SMILES string of the molecule is O=C(NCC1CCCN1)C1(S(=O)(=O)c2ccc(Cl)cc2)CCCC1. The number of carbonyl (C=O) groups excluding carboxylic acids is 1. The van der Waals surface area contributed by atoms with Crippen molar-refractivity contribution in [3.63, 3.8) is 0 Å². The third kappa shape index (κ3) is 3.19. The van der Waals surface area contributed by atoms with Crippen LogP contribution < -0.4 is 10.6 Å². The zero-order valence-corrected chi connectivity index (χ0v) is 15.1. The van der Waals surface area contributed by atoms with Gasteiger partial charge >= 0.3 is 0 Å². The van der Waals surface area contributed by atoms with E-state index in [1.807, 2.05) is 0 Å². The minimum absolute atomic E-state index is 0.169. The van der Waals surface area contributed by atoms with Gasteiger partial charge in [-0.1, -0.05) is 24.4 Å². The molecular weight excluding hydrogens is 348 g/mol. The van der Waals surface area contributed by atoms with Crippen LogP contribution in [0.4, 0.5) is 0 Å². The molecular formula is C17H23ClN2O3S. The van der Waals surface area contributed by atoms with E-state index in [-0.39, 0.29) is 16.8 Å². The highest BCUT2D eigenvalue weighted by Gasteiger charge is 2.52. The molecule has 5 nitrogen and oxygen atoms in total. The summed E-state index contributed by atoms with van der Waals surface area (Å²) in [6, 6.07) is 6.33. The summed E-state index contributed by atoms with van der Waals surface area (Å²) in [7, 11) is -3.75. The Kier molecular flexibility index (Phi) is 5.18. The lowest BCUT2D eigenvalue weighted by Crippen LogP contribution is -2.52. The highest BCUT2D eigenvalue weighted by molar-refractivity contribution is 7.93. The molecule has 1 aromatic carbocycles. The van der Waals surface area contributed by atoms with Crippen molar-refractivity contribution >= 4 is 27.3 Å². The van der Waals surface area contributed by atoms with E-state index in [0.717, 1.165) is 32.2 Å². The van der Waals surface area contributed by atoms with Gasteiger partial charge in [-0.3, -0.25) is 4.79 Å². The Bertz CT molecular complexity index is 691. The number of benzene rings is 1. The average Bonchev–Trinajstić information content (AvgIpc) is 3.25. The third-order valence-electron chi connectivity index (χ3n) is 5.13. The van der Waals surface area contributed by atoms with E-state index in [9.17, 15) is 13.2 Å². The van der Waals surface area contributed by atoms with Crippen LogP contribution in [0.1, 0.15) is 38.5 Å². The first kappa shape index (κ1) is 17.7. The molecule has 0 radical (unpaired) electrons. The molecule has 0 spiro atoms. The highest BCUT2D eigenvalue weighted by Crippen LogP contribution is 2.41. The first-order valence-electron chi connectivity index (χ1n) is 8.48. The van der Waals surface area contributed by atoms with Crippen LogP contribution in [-0.4, -0.2) is 38.2 Å². The second-order valence-electron chi connectivity index (χ2n) is 6.66. The van der Waals surface area contributed by atoms with Crippen molar-refractivity contribution in [1.82, 2.24) is 10.6 Å². The number of sulfone groups is 1. The molecule has 1 heterocycles. The van der Waals surface area contributed by atoms with Gasteiger partial charge in [0.1, 0.15) is 0 Å². The van der Waals surface area contributed by atoms with Crippen molar-refractivity contribution < 1.29 is 13.2 Å². The molecule has 2 aliphatic rings. The van der Waals surface area contributed by atoms with E-state index in [4.69, 9.17) is 11.6 Å². The fraction of sp³-hybridized carbons (Fsp3) is 0.588. The maximum atomic E-state index is 13.2. The molecule has 7 heteroatoms. The van der Waals surface area contributed by atoms with Crippen LogP contribution in [0.5, 0.6) is 0 Å². The van der Waals surface area contributed by atoms with Crippen LogP contribution in [-0.2, 0) is 14.6 Å². The van der Waals surface area contributed by atoms with Gasteiger partial charge in [-0.15, -0.1) is 0 Å². The molecule has 1 aliphatic heterocycles. The monoisotopic (exact) mass is 370 g/mol. The molecule has 0 bridgehead atoms. The van der Waals surface area contributed by atoms with Crippen molar-refractivity contribution in [3.8, 4) is 0 Å². The zero-order valence-electron chi connectivity index (χ0n) is 13.6. The van der Waals surface area contributed by atoms with Gasteiger partial charge in [-0.05, 0) is 56.5 Å². The molecule has 1 amide bonds. The summed E-state index contributed by atoms with van der Waals surface area (Å²) in [6.45, 7) is 1.44. The van der Waals surface area contributed by atoms with E-state index in [0.29, 0.717) is 24.4 Å². The van der Waals surface area contributed by atoms with E-state index in [2.05, 4.69) is 10.6 Å². The van der Waals surface area contributed by atoms with E-state index in [1.165, 1.54) is 12.1 Å². The summed E-state index contributed by atoms with van der Waals surface area (Å²) in [6.07, 6.45) is 4.36. The van der Waals surface area contributed by atoms with Gasteiger partial charge < -0.3 is 10.6 Å². The molecule has 3 rings (SSSR count). The quantitative estimate of drug-likeness (QED) is 0.833. The molecule has 1 unspecified atom stereocenters. The summed E-state index contributed by atoms with van der Waals surface area (Å²) >= 11 is 5.86. The van der Waals surface area contributed by atoms with Crippen molar-refractivity contribution in [2.24, 2.45) is 0 Å². The van der Waals surface area contributed by atoms with Crippen LogP contribution in [0, 0.1) is 0 Å². The summed E-state index contributed by atoms with van der Waals surface area (Å²) in [5.74, 6) is -0.358. The Hall–Kier alpha value is -1.11. The number of halogens is 1. The lowest BCUT2D eigenvalue weighted by molar-refractivity contribution is -0.123. The van der Waals surface area contributed by atoms with Crippen molar-refractivity contribution in [2.75, 3.05) is 13.1 Å². The zero-order chi connectivity index (χ0) is 17.2. The molecule has 1 atom stereocenters. The standard InChI is InChI=1S/C17H23ClN2O3S/c18-13-5-7-15(8-6-13)24(22,23)17(9-1-2-10-17)16(21)20-12-14-4-3-11-19-14/h5-8,14,19H,1-4,9-12H2,(H,20,21). The van der Waals surface area contributed by atoms with Crippen molar-refractivity contribution in [3.05, 3.63) is 29.3 Å². The summed E-state index contributed by atoms with van der Waals surface area (Å²) in [5.41, 5.74) is 0. The number of rotatable bonds is 5. The fourth-order valence-corrected chi connectivity index (χ4v) is 5.93. The molecule has 24 heavy (non-hydrogen) atoms. The molecule has 132 valence electrons. The summed E-state index contributed by atoms with van der Waals surface area (Å²) in [4.78, 5) is 13.0. The maximum Gasteiger partial charge on any atom is 0.241 e. The predicted molar refractivity (Wildman–Crippen MR) is 93.9 cm³/mol. The number of hydrogen-bond donors (Lipinski definition) is 2.